The van der Waals surface area contributed by atoms with Gasteiger partial charge in [-0.3, -0.25) is 0 Å². The summed E-state index contributed by atoms with van der Waals surface area (Å²) in [5, 5.41) is 13.9. The molecule has 112 valence electrons. The second-order valence-corrected chi connectivity index (χ2v) is 6.81. The topological polar surface area (TPSA) is 35.5 Å². The van der Waals surface area contributed by atoms with Crippen LogP contribution in [0.1, 0.15) is 25.5 Å². The standard InChI is InChI=1S/C16H26N2OS/c1-3-20-15-6-4-14(5-7-15)16(19)13(2)12-18-10-8-17-9-11-18/h4-7,13,16-17,19H,3,8-12H2,1-2H3. The molecular weight excluding hydrogens is 268 g/mol. The van der Waals surface area contributed by atoms with Crippen LogP contribution in [0.25, 0.3) is 0 Å². The minimum atomic E-state index is -0.370. The van der Waals surface area contributed by atoms with Crippen LogP contribution in [0.4, 0.5) is 0 Å². The predicted octanol–water partition coefficient (Wildman–Crippen LogP) is 2.37. The number of benzene rings is 1. The number of thioether (sulfide) groups is 1. The molecule has 4 heteroatoms. The van der Waals surface area contributed by atoms with E-state index < -0.39 is 0 Å². The van der Waals surface area contributed by atoms with Crippen LogP contribution in [0.5, 0.6) is 0 Å². The van der Waals surface area contributed by atoms with Crippen LogP contribution in [0.2, 0.25) is 0 Å². The van der Waals surface area contributed by atoms with Crippen molar-refractivity contribution in [1.29, 1.82) is 0 Å². The SMILES string of the molecule is CCSc1ccc(C(O)C(C)CN2CCNCC2)cc1. The van der Waals surface area contributed by atoms with Crippen LogP contribution in [-0.2, 0) is 0 Å². The van der Waals surface area contributed by atoms with E-state index in [0.29, 0.717) is 0 Å². The minimum Gasteiger partial charge on any atom is -0.388 e. The van der Waals surface area contributed by atoms with Gasteiger partial charge in [-0.2, -0.15) is 0 Å². The van der Waals surface area contributed by atoms with E-state index in [4.69, 9.17) is 0 Å². The summed E-state index contributed by atoms with van der Waals surface area (Å²) in [5.74, 6) is 1.35. The van der Waals surface area contributed by atoms with Crippen LogP contribution in [0.15, 0.2) is 29.2 Å². The number of rotatable bonds is 6. The highest BCUT2D eigenvalue weighted by molar-refractivity contribution is 7.99. The Hall–Kier alpha value is -0.550. The number of hydrogen-bond donors (Lipinski definition) is 2. The van der Waals surface area contributed by atoms with Crippen molar-refractivity contribution < 1.29 is 5.11 Å². The lowest BCUT2D eigenvalue weighted by Crippen LogP contribution is -2.45. The van der Waals surface area contributed by atoms with Gasteiger partial charge in [0.05, 0.1) is 6.10 Å². The summed E-state index contributed by atoms with van der Waals surface area (Å²) >= 11 is 1.84. The molecule has 2 atom stereocenters. The lowest BCUT2D eigenvalue weighted by Gasteiger charge is -2.31. The molecule has 0 bridgehead atoms. The zero-order valence-corrected chi connectivity index (χ0v) is 13.3. The van der Waals surface area contributed by atoms with Gasteiger partial charge in [-0.05, 0) is 29.4 Å². The Bertz CT molecular complexity index is 390. The molecule has 0 saturated carbocycles. The monoisotopic (exact) mass is 294 g/mol. The molecule has 2 unspecified atom stereocenters. The summed E-state index contributed by atoms with van der Waals surface area (Å²) in [5.41, 5.74) is 1.04. The van der Waals surface area contributed by atoms with Crippen molar-refractivity contribution in [2.24, 2.45) is 5.92 Å². The second kappa shape index (κ2) is 8.03. The number of hydrogen-bond acceptors (Lipinski definition) is 4. The zero-order chi connectivity index (χ0) is 14.4. The molecule has 3 nitrogen and oxygen atoms in total. The van der Waals surface area contributed by atoms with Crippen LogP contribution in [0, 0.1) is 5.92 Å². The largest absolute Gasteiger partial charge is 0.388 e. The predicted molar refractivity (Wildman–Crippen MR) is 86.3 cm³/mol. The summed E-state index contributed by atoms with van der Waals surface area (Å²) in [4.78, 5) is 3.71. The first-order valence-corrected chi connectivity index (χ1v) is 8.53. The summed E-state index contributed by atoms with van der Waals surface area (Å²) in [7, 11) is 0. The van der Waals surface area contributed by atoms with Gasteiger partial charge in [0.25, 0.3) is 0 Å². The van der Waals surface area contributed by atoms with Crippen LogP contribution in [0.3, 0.4) is 0 Å². The molecule has 2 N–H and O–H groups in total. The number of piperazine rings is 1. The van der Waals surface area contributed by atoms with Gasteiger partial charge in [0.1, 0.15) is 0 Å². The number of nitrogens with zero attached hydrogens (tertiary/aromatic N) is 1. The Morgan fingerprint density at radius 1 is 1.25 bits per heavy atom. The smallest absolute Gasteiger partial charge is 0.0827 e. The number of aliphatic hydroxyl groups excluding tert-OH is 1. The Labute approximate surface area is 126 Å². The third kappa shape index (κ3) is 4.48. The molecule has 1 heterocycles. The first kappa shape index (κ1) is 15.8. The summed E-state index contributed by atoms with van der Waals surface area (Å²) in [6.07, 6.45) is -0.370. The van der Waals surface area contributed by atoms with Crippen molar-refractivity contribution in [3.05, 3.63) is 29.8 Å². The molecule has 20 heavy (non-hydrogen) atoms. The highest BCUT2D eigenvalue weighted by atomic mass is 32.2. The van der Waals surface area contributed by atoms with Crippen molar-refractivity contribution >= 4 is 11.8 Å². The molecule has 1 saturated heterocycles. The maximum Gasteiger partial charge on any atom is 0.0827 e. The van der Waals surface area contributed by atoms with Crippen molar-refractivity contribution in [2.45, 2.75) is 24.8 Å². The third-order valence-corrected chi connectivity index (χ3v) is 4.72. The van der Waals surface area contributed by atoms with E-state index in [9.17, 15) is 5.11 Å². The number of nitrogens with one attached hydrogen (secondary N) is 1. The minimum absolute atomic E-state index is 0.262. The van der Waals surface area contributed by atoms with E-state index in [1.807, 2.05) is 11.8 Å². The summed E-state index contributed by atoms with van der Waals surface area (Å²) < 4.78 is 0. The van der Waals surface area contributed by atoms with Gasteiger partial charge in [0, 0.05) is 37.6 Å². The molecule has 1 fully saturated rings. The highest BCUT2D eigenvalue weighted by Gasteiger charge is 2.20. The van der Waals surface area contributed by atoms with Crippen LogP contribution >= 0.6 is 11.8 Å². The van der Waals surface area contributed by atoms with E-state index in [1.54, 1.807) is 0 Å². The number of aliphatic hydroxyl groups is 1. The maximum absolute atomic E-state index is 10.5. The molecule has 2 rings (SSSR count). The fourth-order valence-electron chi connectivity index (χ4n) is 2.66. The lowest BCUT2D eigenvalue weighted by molar-refractivity contribution is 0.0842. The Kier molecular flexibility index (Phi) is 6.36. The van der Waals surface area contributed by atoms with Gasteiger partial charge >= 0.3 is 0 Å². The fraction of sp³-hybridized carbons (Fsp3) is 0.625. The van der Waals surface area contributed by atoms with Gasteiger partial charge in [0.2, 0.25) is 0 Å². The first-order valence-electron chi connectivity index (χ1n) is 7.54. The molecule has 0 amide bonds. The van der Waals surface area contributed by atoms with Crippen LogP contribution < -0.4 is 5.32 Å². The first-order chi connectivity index (χ1) is 9.70. The lowest BCUT2D eigenvalue weighted by atomic mass is 9.97. The Balaban J connectivity index is 1.89. The van der Waals surface area contributed by atoms with E-state index in [0.717, 1.165) is 44.0 Å². The Morgan fingerprint density at radius 3 is 2.50 bits per heavy atom. The molecule has 0 aliphatic carbocycles. The molecule has 1 aliphatic heterocycles. The quantitative estimate of drug-likeness (QED) is 0.790. The van der Waals surface area contributed by atoms with Crippen LogP contribution in [-0.4, -0.2) is 48.5 Å². The van der Waals surface area contributed by atoms with Gasteiger partial charge in [-0.15, -0.1) is 11.8 Å². The van der Waals surface area contributed by atoms with Gasteiger partial charge in [-0.25, -0.2) is 0 Å². The third-order valence-electron chi connectivity index (χ3n) is 3.83. The zero-order valence-electron chi connectivity index (χ0n) is 12.5. The molecule has 1 aromatic rings. The average molecular weight is 294 g/mol. The molecule has 1 aromatic carbocycles. The van der Waals surface area contributed by atoms with Crippen molar-refractivity contribution in [3.8, 4) is 0 Å². The highest BCUT2D eigenvalue weighted by Crippen LogP contribution is 2.25. The maximum atomic E-state index is 10.5. The van der Waals surface area contributed by atoms with Crippen molar-refractivity contribution in [2.75, 3.05) is 38.5 Å². The molecule has 0 spiro atoms. The summed E-state index contributed by atoms with van der Waals surface area (Å²) in [6, 6.07) is 8.36. The molecule has 0 aromatic heterocycles. The molecule has 0 radical (unpaired) electrons. The van der Waals surface area contributed by atoms with Crippen molar-refractivity contribution in [3.63, 3.8) is 0 Å². The normalized spacial score (nSPS) is 19.8. The van der Waals surface area contributed by atoms with Gasteiger partial charge < -0.3 is 15.3 Å². The molecule has 1 aliphatic rings. The van der Waals surface area contributed by atoms with Crippen molar-refractivity contribution in [1.82, 2.24) is 10.2 Å². The second-order valence-electron chi connectivity index (χ2n) is 5.47. The molecular formula is C16H26N2OS. The fourth-order valence-corrected chi connectivity index (χ4v) is 3.32. The Morgan fingerprint density at radius 2 is 1.90 bits per heavy atom. The van der Waals surface area contributed by atoms with E-state index in [-0.39, 0.29) is 12.0 Å². The summed E-state index contributed by atoms with van der Waals surface area (Å²) in [6.45, 7) is 9.56. The average Bonchev–Trinajstić information content (AvgIpc) is 2.48. The van der Waals surface area contributed by atoms with E-state index in [2.05, 4.69) is 48.3 Å². The van der Waals surface area contributed by atoms with E-state index >= 15 is 0 Å². The van der Waals surface area contributed by atoms with Gasteiger partial charge in [-0.1, -0.05) is 26.0 Å². The van der Waals surface area contributed by atoms with E-state index in [1.165, 1.54) is 4.90 Å². The van der Waals surface area contributed by atoms with Gasteiger partial charge in [0.15, 0.2) is 0 Å².